The molecule has 0 aromatic heterocycles. The summed E-state index contributed by atoms with van der Waals surface area (Å²) in [5.41, 5.74) is -0.630. The van der Waals surface area contributed by atoms with E-state index < -0.39 is 5.60 Å². The van der Waals surface area contributed by atoms with Gasteiger partial charge in [-0.25, -0.2) is 0 Å². The van der Waals surface area contributed by atoms with E-state index in [0.717, 1.165) is 19.3 Å². The van der Waals surface area contributed by atoms with Gasteiger partial charge in [-0.15, -0.1) is 0 Å². The first-order chi connectivity index (χ1) is 7.70. The molecule has 0 aromatic rings. The highest BCUT2D eigenvalue weighted by atomic mass is 16.5. The Morgan fingerprint density at radius 2 is 1.88 bits per heavy atom. The van der Waals surface area contributed by atoms with E-state index in [1.165, 1.54) is 6.42 Å². The maximum absolute atomic E-state index is 10.3. The van der Waals surface area contributed by atoms with Crippen molar-refractivity contribution in [1.82, 2.24) is 5.32 Å². The van der Waals surface area contributed by atoms with E-state index in [2.05, 4.69) is 5.32 Å². The van der Waals surface area contributed by atoms with Crippen LogP contribution in [0.4, 0.5) is 0 Å². The van der Waals surface area contributed by atoms with Crippen LogP contribution in [0.3, 0.4) is 0 Å². The third-order valence-corrected chi connectivity index (χ3v) is 3.85. The number of hydrogen-bond acceptors (Lipinski definition) is 4. The monoisotopic (exact) mass is 229 g/mol. The van der Waals surface area contributed by atoms with Crippen LogP contribution in [0.1, 0.15) is 38.5 Å². The van der Waals surface area contributed by atoms with Crippen molar-refractivity contribution in [3.63, 3.8) is 0 Å². The van der Waals surface area contributed by atoms with Gasteiger partial charge in [-0.2, -0.15) is 0 Å². The third kappa shape index (κ3) is 3.17. The third-order valence-electron chi connectivity index (χ3n) is 3.85. The molecule has 0 spiro atoms. The number of aliphatic hydroxyl groups is 2. The van der Waals surface area contributed by atoms with Crippen molar-refractivity contribution in [2.75, 3.05) is 19.8 Å². The van der Waals surface area contributed by atoms with Gasteiger partial charge >= 0.3 is 0 Å². The Labute approximate surface area is 97.0 Å². The quantitative estimate of drug-likeness (QED) is 0.656. The van der Waals surface area contributed by atoms with Crippen LogP contribution >= 0.6 is 0 Å². The number of nitrogens with one attached hydrogen (secondary N) is 1. The molecular weight excluding hydrogens is 206 g/mol. The Kier molecular flexibility index (Phi) is 4.19. The number of aliphatic hydroxyl groups excluding tert-OH is 1. The Bertz CT molecular complexity index is 216. The average Bonchev–Trinajstić information content (AvgIpc) is 2.29. The first kappa shape index (κ1) is 12.3. The summed E-state index contributed by atoms with van der Waals surface area (Å²) >= 11 is 0. The van der Waals surface area contributed by atoms with Crippen molar-refractivity contribution < 1.29 is 14.9 Å². The van der Waals surface area contributed by atoms with E-state index in [1.807, 2.05) is 0 Å². The molecule has 4 nitrogen and oxygen atoms in total. The predicted octanol–water partition coefficient (Wildman–Crippen LogP) is 0.421. The second-order valence-electron chi connectivity index (χ2n) is 5.18. The Hall–Kier alpha value is -0.160. The first-order valence-corrected chi connectivity index (χ1v) is 6.41. The summed E-state index contributed by atoms with van der Waals surface area (Å²) in [4.78, 5) is 0. The summed E-state index contributed by atoms with van der Waals surface area (Å²) in [5.74, 6) is 0. The summed E-state index contributed by atoms with van der Waals surface area (Å²) in [6.07, 6.45) is 5.36. The van der Waals surface area contributed by atoms with Crippen LogP contribution in [0.5, 0.6) is 0 Å². The molecule has 1 aliphatic carbocycles. The number of ether oxygens (including phenoxy) is 1. The number of rotatable bonds is 3. The van der Waals surface area contributed by atoms with E-state index in [1.54, 1.807) is 0 Å². The van der Waals surface area contributed by atoms with Gasteiger partial charge in [0.2, 0.25) is 0 Å². The van der Waals surface area contributed by atoms with Gasteiger partial charge in [0.1, 0.15) is 0 Å². The summed E-state index contributed by atoms with van der Waals surface area (Å²) in [6.45, 7) is 1.87. The largest absolute Gasteiger partial charge is 0.392 e. The van der Waals surface area contributed by atoms with Crippen molar-refractivity contribution in [3.05, 3.63) is 0 Å². The van der Waals surface area contributed by atoms with Crippen LogP contribution in [-0.2, 0) is 4.74 Å². The summed E-state index contributed by atoms with van der Waals surface area (Å²) in [6, 6.07) is 0.167. The lowest BCUT2D eigenvalue weighted by molar-refractivity contribution is -0.0655. The van der Waals surface area contributed by atoms with Crippen molar-refractivity contribution in [3.8, 4) is 0 Å². The molecule has 1 saturated heterocycles. The Morgan fingerprint density at radius 3 is 2.56 bits per heavy atom. The topological polar surface area (TPSA) is 61.7 Å². The van der Waals surface area contributed by atoms with E-state index in [4.69, 9.17) is 4.74 Å². The van der Waals surface area contributed by atoms with Crippen molar-refractivity contribution in [2.24, 2.45) is 0 Å². The highest BCUT2D eigenvalue weighted by Crippen LogP contribution is 2.22. The highest BCUT2D eigenvalue weighted by molar-refractivity contribution is 4.88. The molecule has 1 heterocycles. The van der Waals surface area contributed by atoms with Crippen molar-refractivity contribution >= 4 is 0 Å². The second-order valence-corrected chi connectivity index (χ2v) is 5.18. The fourth-order valence-corrected chi connectivity index (χ4v) is 2.60. The van der Waals surface area contributed by atoms with E-state index in [0.29, 0.717) is 32.6 Å². The molecule has 16 heavy (non-hydrogen) atoms. The van der Waals surface area contributed by atoms with Crippen molar-refractivity contribution in [1.29, 1.82) is 0 Å². The highest BCUT2D eigenvalue weighted by Gasteiger charge is 2.31. The fraction of sp³-hybridized carbons (Fsp3) is 1.00. The molecule has 4 heteroatoms. The van der Waals surface area contributed by atoms with Crippen LogP contribution in [0.15, 0.2) is 0 Å². The van der Waals surface area contributed by atoms with Crippen LogP contribution in [0.25, 0.3) is 0 Å². The van der Waals surface area contributed by atoms with Crippen LogP contribution in [-0.4, -0.2) is 47.7 Å². The normalized spacial score (nSPS) is 34.9. The van der Waals surface area contributed by atoms with Crippen LogP contribution in [0, 0.1) is 0 Å². The lowest BCUT2D eigenvalue weighted by atomic mass is 9.90. The molecule has 0 amide bonds. The summed E-state index contributed by atoms with van der Waals surface area (Å²) < 4.78 is 5.24. The number of hydrogen-bond donors (Lipinski definition) is 3. The molecule has 0 aromatic carbocycles. The second kappa shape index (κ2) is 5.45. The van der Waals surface area contributed by atoms with E-state index in [-0.39, 0.29) is 12.1 Å². The van der Waals surface area contributed by atoms with Crippen molar-refractivity contribution in [2.45, 2.75) is 56.3 Å². The fourth-order valence-electron chi connectivity index (χ4n) is 2.60. The molecule has 3 N–H and O–H groups in total. The minimum absolute atomic E-state index is 0.167. The molecule has 1 aliphatic heterocycles. The maximum atomic E-state index is 10.3. The molecule has 2 aliphatic rings. The van der Waals surface area contributed by atoms with Gasteiger partial charge in [-0.1, -0.05) is 12.8 Å². The SMILES string of the molecule is O[C@H]1CCCC[C@@H]1NCC1(O)CCOCC1. The maximum Gasteiger partial charge on any atom is 0.0815 e. The zero-order valence-electron chi connectivity index (χ0n) is 9.82. The Balaban J connectivity index is 1.76. The smallest absolute Gasteiger partial charge is 0.0815 e. The molecule has 2 fully saturated rings. The van der Waals surface area contributed by atoms with Gasteiger partial charge in [-0.3, -0.25) is 0 Å². The summed E-state index contributed by atoms with van der Waals surface area (Å²) in [7, 11) is 0. The zero-order chi connectivity index (χ0) is 11.4. The van der Waals surface area contributed by atoms with Gasteiger partial charge in [0, 0.05) is 38.6 Å². The molecule has 94 valence electrons. The molecular formula is C12H23NO3. The van der Waals surface area contributed by atoms with E-state index in [9.17, 15) is 10.2 Å². The molecule has 1 saturated carbocycles. The molecule has 2 rings (SSSR count). The predicted molar refractivity (Wildman–Crippen MR) is 61.3 cm³/mol. The van der Waals surface area contributed by atoms with Crippen LogP contribution in [0.2, 0.25) is 0 Å². The molecule has 0 bridgehead atoms. The minimum Gasteiger partial charge on any atom is -0.392 e. The molecule has 0 radical (unpaired) electrons. The van der Waals surface area contributed by atoms with Gasteiger partial charge in [0.05, 0.1) is 11.7 Å². The molecule has 2 atom stereocenters. The standard InChI is InChI=1S/C12H23NO3/c14-11-4-2-1-3-10(11)13-9-12(15)5-7-16-8-6-12/h10-11,13-15H,1-9H2/t10-,11-/m0/s1. The van der Waals surface area contributed by atoms with Gasteiger partial charge < -0.3 is 20.3 Å². The minimum atomic E-state index is -0.630. The van der Waals surface area contributed by atoms with Gasteiger partial charge in [-0.05, 0) is 12.8 Å². The first-order valence-electron chi connectivity index (χ1n) is 6.41. The van der Waals surface area contributed by atoms with Crippen LogP contribution < -0.4 is 5.32 Å². The lowest BCUT2D eigenvalue weighted by Crippen LogP contribution is -2.51. The average molecular weight is 229 g/mol. The van der Waals surface area contributed by atoms with Gasteiger partial charge in [0.15, 0.2) is 0 Å². The van der Waals surface area contributed by atoms with E-state index >= 15 is 0 Å². The van der Waals surface area contributed by atoms with Gasteiger partial charge in [0.25, 0.3) is 0 Å². The summed E-state index contributed by atoms with van der Waals surface area (Å²) in [5, 5.41) is 23.4. The Morgan fingerprint density at radius 1 is 1.19 bits per heavy atom. The zero-order valence-corrected chi connectivity index (χ0v) is 9.82. The molecule has 0 unspecified atom stereocenters. The lowest BCUT2D eigenvalue weighted by Gasteiger charge is -2.36.